The van der Waals surface area contributed by atoms with Crippen molar-refractivity contribution in [3.63, 3.8) is 0 Å². The van der Waals surface area contributed by atoms with Gasteiger partial charge in [0.1, 0.15) is 0 Å². The van der Waals surface area contributed by atoms with Crippen LogP contribution in [0.1, 0.15) is 61.1 Å². The van der Waals surface area contributed by atoms with Crippen LogP contribution < -0.4 is 16.4 Å². The summed E-state index contributed by atoms with van der Waals surface area (Å²) in [5.74, 6) is 0. The van der Waals surface area contributed by atoms with E-state index in [2.05, 4.69) is 160 Å². The third-order valence-electron chi connectivity index (χ3n) is 10.7. The summed E-state index contributed by atoms with van der Waals surface area (Å²) in [6.45, 7) is 9.38. The van der Waals surface area contributed by atoms with Crippen molar-refractivity contribution in [2.45, 2.75) is 51.4 Å². The summed E-state index contributed by atoms with van der Waals surface area (Å²) >= 11 is 0. The molecule has 0 bridgehead atoms. The van der Waals surface area contributed by atoms with E-state index in [1.54, 1.807) is 0 Å². The number of nitrogens with two attached hydrogens (primary N) is 2. The van der Waals surface area contributed by atoms with Gasteiger partial charge < -0.3 is 16.4 Å². The van der Waals surface area contributed by atoms with Gasteiger partial charge in [0.25, 0.3) is 0 Å². The molecule has 0 unspecified atom stereocenters. The summed E-state index contributed by atoms with van der Waals surface area (Å²) < 4.78 is 0. The lowest BCUT2D eigenvalue weighted by Crippen LogP contribution is -2.30. The first-order valence-corrected chi connectivity index (χ1v) is 16.7. The minimum absolute atomic E-state index is 0.107. The van der Waals surface area contributed by atoms with Gasteiger partial charge in [-0.15, -0.1) is 0 Å². The van der Waals surface area contributed by atoms with E-state index in [9.17, 15) is 0 Å². The Morgan fingerprint density at radius 1 is 0.447 bits per heavy atom. The third-order valence-corrected chi connectivity index (χ3v) is 10.7. The van der Waals surface area contributed by atoms with Crippen LogP contribution in [0.5, 0.6) is 0 Å². The second kappa shape index (κ2) is 10.6. The fourth-order valence-electron chi connectivity index (χ4n) is 8.20. The Hall–Kier alpha value is -5.28. The normalized spacial score (nSPS) is 15.5. The van der Waals surface area contributed by atoms with Crippen LogP contribution in [0.25, 0.3) is 22.3 Å². The number of hydrogen-bond acceptors (Lipinski definition) is 3. The van der Waals surface area contributed by atoms with Gasteiger partial charge in [0.05, 0.1) is 22.7 Å². The fraction of sp³-hybridized carbons (Fsp3) is 0.182. The van der Waals surface area contributed by atoms with E-state index >= 15 is 0 Å². The number of rotatable bonds is 1. The van der Waals surface area contributed by atoms with Crippen molar-refractivity contribution in [3.05, 3.63) is 161 Å². The number of benzene rings is 6. The highest BCUT2D eigenvalue weighted by molar-refractivity contribution is 5.89. The first-order valence-electron chi connectivity index (χ1n) is 16.7. The first-order chi connectivity index (χ1) is 22.7. The van der Waals surface area contributed by atoms with Crippen molar-refractivity contribution < 1.29 is 0 Å². The molecule has 1 heterocycles. The van der Waals surface area contributed by atoms with Crippen molar-refractivity contribution in [2.75, 3.05) is 16.4 Å². The van der Waals surface area contributed by atoms with Crippen molar-refractivity contribution in [3.8, 4) is 22.3 Å². The van der Waals surface area contributed by atoms with Gasteiger partial charge in [0.2, 0.25) is 0 Å². The van der Waals surface area contributed by atoms with E-state index in [1.165, 1.54) is 72.7 Å². The number of fused-ring (bicyclic) bond motifs is 8. The molecule has 47 heavy (non-hydrogen) atoms. The lowest BCUT2D eigenvalue weighted by molar-refractivity contribution is 0.632. The Morgan fingerprint density at radius 3 is 1.49 bits per heavy atom. The summed E-state index contributed by atoms with van der Waals surface area (Å²) in [6.07, 6.45) is 1.73. The van der Waals surface area contributed by atoms with E-state index in [1.807, 2.05) is 0 Å². The van der Waals surface area contributed by atoms with E-state index in [-0.39, 0.29) is 10.8 Å². The summed E-state index contributed by atoms with van der Waals surface area (Å²) in [5, 5.41) is 0. The molecule has 1 aliphatic heterocycles. The Bertz CT molecular complexity index is 2140. The molecule has 6 aromatic rings. The maximum absolute atomic E-state index is 6.46. The summed E-state index contributed by atoms with van der Waals surface area (Å²) in [4.78, 5) is 2.46. The number of aryl methyl sites for hydroxylation is 2. The second-order valence-corrected chi connectivity index (χ2v) is 14.2. The Morgan fingerprint density at radius 2 is 0.894 bits per heavy atom. The molecule has 0 atom stereocenters. The largest absolute Gasteiger partial charge is 0.397 e. The quantitative estimate of drug-likeness (QED) is 0.182. The molecule has 0 aromatic heterocycles. The molecule has 4 N–H and O–H groups in total. The van der Waals surface area contributed by atoms with Gasteiger partial charge in [0.15, 0.2) is 0 Å². The second-order valence-electron chi connectivity index (χ2n) is 14.2. The van der Waals surface area contributed by atoms with Crippen LogP contribution in [0.2, 0.25) is 0 Å². The smallest absolute Gasteiger partial charge is 0.0554 e. The molecule has 0 amide bonds. The molecule has 3 heteroatoms. The topological polar surface area (TPSA) is 55.3 Å². The van der Waals surface area contributed by atoms with E-state index in [0.717, 1.165) is 12.8 Å². The highest BCUT2D eigenvalue weighted by atomic mass is 15.2. The monoisotopic (exact) mass is 611 g/mol. The van der Waals surface area contributed by atoms with Crippen LogP contribution in [0.15, 0.2) is 127 Å². The average Bonchev–Trinajstić information content (AvgIpc) is 3.10. The van der Waals surface area contributed by atoms with Crippen molar-refractivity contribution >= 4 is 28.4 Å². The zero-order valence-electron chi connectivity index (χ0n) is 27.6. The van der Waals surface area contributed by atoms with Crippen LogP contribution in [0.3, 0.4) is 0 Å². The van der Waals surface area contributed by atoms with Gasteiger partial charge in [-0.25, -0.2) is 0 Å². The molecule has 232 valence electrons. The van der Waals surface area contributed by atoms with E-state index < -0.39 is 0 Å². The van der Waals surface area contributed by atoms with Crippen LogP contribution in [0, 0.1) is 0 Å². The number of nitrogen functional groups attached to an aromatic ring is 2. The minimum atomic E-state index is -0.299. The third kappa shape index (κ3) is 4.48. The molecule has 0 saturated carbocycles. The van der Waals surface area contributed by atoms with Crippen LogP contribution in [-0.4, -0.2) is 0 Å². The zero-order chi connectivity index (χ0) is 32.5. The first kappa shape index (κ1) is 29.1. The molecule has 0 fully saturated rings. The lowest BCUT2D eigenvalue weighted by atomic mass is 9.72. The highest BCUT2D eigenvalue weighted by Gasteiger charge is 2.37. The number of anilines is 5. The molecule has 1 aliphatic carbocycles. The number of para-hydroxylation sites is 2. The fourth-order valence-corrected chi connectivity index (χ4v) is 8.20. The SMILES string of the molecule is CC1(C)c2ccccc2-c2cc(N3c4ccccc4C(C)(C)c4ccccc43)ccc2CCc2cc(N)c(N)cc2-c2ccccc21. The van der Waals surface area contributed by atoms with Gasteiger partial charge in [-0.3, -0.25) is 0 Å². The predicted molar refractivity (Wildman–Crippen MR) is 199 cm³/mol. The van der Waals surface area contributed by atoms with Gasteiger partial charge >= 0.3 is 0 Å². The van der Waals surface area contributed by atoms with Gasteiger partial charge in [-0.05, 0) is 105 Å². The highest BCUT2D eigenvalue weighted by Crippen LogP contribution is 2.53. The molecule has 3 nitrogen and oxygen atoms in total. The minimum Gasteiger partial charge on any atom is -0.397 e. The summed E-state index contributed by atoms with van der Waals surface area (Å²) in [6, 6.07) is 46.8. The average molecular weight is 612 g/mol. The van der Waals surface area contributed by atoms with Crippen molar-refractivity contribution in [1.82, 2.24) is 0 Å². The van der Waals surface area contributed by atoms with Gasteiger partial charge in [-0.1, -0.05) is 119 Å². The van der Waals surface area contributed by atoms with Crippen LogP contribution in [0.4, 0.5) is 28.4 Å². The standard InChI is InChI=1S/C44H41N3/c1-43(2)35-15-7-5-13-31(35)33-26-30(47-41-19-11-9-17-37(41)44(3,4)38-18-10-12-20-42(38)47)24-23-28(33)21-22-29-25-39(45)40(46)27-34(29)32-14-6-8-16-36(32)43/h5-20,23-27H,21-22,45-46H2,1-4H3. The Labute approximate surface area is 278 Å². The van der Waals surface area contributed by atoms with Crippen LogP contribution in [-0.2, 0) is 23.7 Å². The van der Waals surface area contributed by atoms with Gasteiger partial charge in [-0.2, -0.15) is 0 Å². The molecule has 0 spiro atoms. The van der Waals surface area contributed by atoms with Crippen molar-refractivity contribution in [1.29, 1.82) is 0 Å². The van der Waals surface area contributed by atoms with Crippen LogP contribution >= 0.6 is 0 Å². The molecule has 2 aliphatic rings. The van der Waals surface area contributed by atoms with E-state index in [4.69, 9.17) is 11.5 Å². The molecule has 0 saturated heterocycles. The maximum Gasteiger partial charge on any atom is 0.0554 e. The number of nitrogens with zero attached hydrogens (tertiary/aromatic N) is 1. The zero-order valence-corrected chi connectivity index (χ0v) is 27.6. The Balaban J connectivity index is 1.39. The lowest BCUT2D eigenvalue weighted by Gasteiger charge is -2.42. The molecular formula is C44H41N3. The molecule has 6 aromatic carbocycles. The molecule has 0 radical (unpaired) electrons. The summed E-state index contributed by atoms with van der Waals surface area (Å²) in [5.41, 5.74) is 30.1. The summed E-state index contributed by atoms with van der Waals surface area (Å²) in [7, 11) is 0. The predicted octanol–water partition coefficient (Wildman–Crippen LogP) is 10.7. The van der Waals surface area contributed by atoms with E-state index in [0.29, 0.717) is 11.4 Å². The molecule has 8 rings (SSSR count). The Kier molecular flexibility index (Phi) is 6.59. The number of hydrogen-bond donors (Lipinski definition) is 2. The van der Waals surface area contributed by atoms with Gasteiger partial charge in [0, 0.05) is 16.5 Å². The molecular weight excluding hydrogens is 571 g/mol. The maximum atomic E-state index is 6.46. The van der Waals surface area contributed by atoms with Crippen molar-refractivity contribution in [2.24, 2.45) is 0 Å².